The summed E-state index contributed by atoms with van der Waals surface area (Å²) in [6.45, 7) is 0. The van der Waals surface area contributed by atoms with Crippen LogP contribution in [0, 0.1) is 3.57 Å². The van der Waals surface area contributed by atoms with Gasteiger partial charge in [-0.3, -0.25) is 0 Å². The normalized spacial score (nSPS) is 10.1. The van der Waals surface area contributed by atoms with Gasteiger partial charge in [-0.25, -0.2) is 4.98 Å². The summed E-state index contributed by atoms with van der Waals surface area (Å²) in [5, 5.41) is 0. The Balaban J connectivity index is 2.18. The fraction of sp³-hybridized carbons (Fsp3) is 0.0833. The van der Waals surface area contributed by atoms with E-state index in [0.717, 1.165) is 14.9 Å². The summed E-state index contributed by atoms with van der Waals surface area (Å²) in [7, 11) is 0. The van der Waals surface area contributed by atoms with Crippen molar-refractivity contribution in [3.8, 4) is 11.6 Å². The number of pyridine rings is 1. The highest BCUT2D eigenvalue weighted by Crippen LogP contribution is 2.24. The average molecular weight is 346 g/mol. The molecule has 0 fully saturated rings. The van der Waals surface area contributed by atoms with Gasteiger partial charge in [0, 0.05) is 18.1 Å². The van der Waals surface area contributed by atoms with E-state index in [-0.39, 0.29) is 0 Å². The van der Waals surface area contributed by atoms with Crippen LogP contribution in [0.2, 0.25) is 0 Å². The Hall–Kier alpha value is -0.810. The zero-order chi connectivity index (χ0) is 11.4. The molecule has 0 radical (unpaired) electrons. The Morgan fingerprint density at radius 2 is 2.00 bits per heavy atom. The third kappa shape index (κ3) is 2.86. The minimum absolute atomic E-state index is 0.468. The van der Waals surface area contributed by atoms with Crippen molar-refractivity contribution >= 4 is 34.2 Å². The van der Waals surface area contributed by atoms with Gasteiger partial charge < -0.3 is 4.74 Å². The van der Waals surface area contributed by atoms with Crippen molar-refractivity contribution in [2.45, 2.75) is 5.88 Å². The summed E-state index contributed by atoms with van der Waals surface area (Å²) < 4.78 is 6.71. The van der Waals surface area contributed by atoms with Gasteiger partial charge in [0.1, 0.15) is 5.75 Å². The second kappa shape index (κ2) is 5.50. The van der Waals surface area contributed by atoms with Gasteiger partial charge in [-0.15, -0.1) is 11.6 Å². The predicted octanol–water partition coefficient (Wildman–Crippen LogP) is 4.22. The Kier molecular flexibility index (Phi) is 4.01. The van der Waals surface area contributed by atoms with Crippen LogP contribution in [0.3, 0.4) is 0 Å². The smallest absolute Gasteiger partial charge is 0.219 e. The first kappa shape index (κ1) is 11.7. The molecule has 0 aliphatic rings. The summed E-state index contributed by atoms with van der Waals surface area (Å²) >= 11 is 7.91. The zero-order valence-corrected chi connectivity index (χ0v) is 11.3. The fourth-order valence-electron chi connectivity index (χ4n) is 1.19. The number of aromatic nitrogens is 1. The SMILES string of the molecule is ClCc1ccc(Oc2ccccc2I)nc1. The van der Waals surface area contributed by atoms with Crippen molar-refractivity contribution in [1.29, 1.82) is 0 Å². The van der Waals surface area contributed by atoms with Crippen molar-refractivity contribution in [2.24, 2.45) is 0 Å². The molecule has 0 saturated heterocycles. The summed E-state index contributed by atoms with van der Waals surface area (Å²) in [6.07, 6.45) is 1.72. The number of hydrogen-bond donors (Lipinski definition) is 0. The zero-order valence-electron chi connectivity index (χ0n) is 8.36. The van der Waals surface area contributed by atoms with Crippen molar-refractivity contribution in [3.05, 3.63) is 51.7 Å². The first-order chi connectivity index (χ1) is 7.79. The molecule has 2 rings (SSSR count). The van der Waals surface area contributed by atoms with Crippen LogP contribution in [0.15, 0.2) is 42.6 Å². The van der Waals surface area contributed by atoms with E-state index < -0.39 is 0 Å². The van der Waals surface area contributed by atoms with E-state index in [4.69, 9.17) is 16.3 Å². The lowest BCUT2D eigenvalue weighted by Gasteiger charge is -2.06. The van der Waals surface area contributed by atoms with E-state index in [2.05, 4.69) is 27.6 Å². The van der Waals surface area contributed by atoms with E-state index in [1.165, 1.54) is 0 Å². The third-order valence-electron chi connectivity index (χ3n) is 2.00. The van der Waals surface area contributed by atoms with Gasteiger partial charge in [0.25, 0.3) is 0 Å². The molecule has 1 heterocycles. The molecule has 2 nitrogen and oxygen atoms in total. The Bertz CT molecular complexity index is 473. The molecule has 0 atom stereocenters. The lowest BCUT2D eigenvalue weighted by Crippen LogP contribution is -1.90. The summed E-state index contributed by atoms with van der Waals surface area (Å²) in [5.41, 5.74) is 0.983. The first-order valence-electron chi connectivity index (χ1n) is 4.73. The molecule has 2 aromatic rings. The molecule has 0 saturated carbocycles. The van der Waals surface area contributed by atoms with E-state index >= 15 is 0 Å². The van der Waals surface area contributed by atoms with Crippen LogP contribution in [0.1, 0.15) is 5.56 Å². The number of para-hydroxylation sites is 1. The fourth-order valence-corrected chi connectivity index (χ4v) is 1.85. The largest absolute Gasteiger partial charge is 0.438 e. The van der Waals surface area contributed by atoms with Gasteiger partial charge in [0.15, 0.2) is 0 Å². The molecule has 0 unspecified atom stereocenters. The second-order valence-corrected chi connectivity index (χ2v) is 4.60. The quantitative estimate of drug-likeness (QED) is 0.614. The number of hydrogen-bond acceptors (Lipinski definition) is 2. The Morgan fingerprint density at radius 3 is 2.62 bits per heavy atom. The van der Waals surface area contributed by atoms with Crippen molar-refractivity contribution in [2.75, 3.05) is 0 Å². The topological polar surface area (TPSA) is 22.1 Å². The standard InChI is InChI=1S/C12H9ClINO/c13-7-9-5-6-12(15-8-9)16-11-4-2-1-3-10(11)14/h1-6,8H,7H2. The molecule has 0 amide bonds. The van der Waals surface area contributed by atoms with Gasteiger partial charge >= 0.3 is 0 Å². The van der Waals surface area contributed by atoms with Crippen LogP contribution in [0.4, 0.5) is 0 Å². The van der Waals surface area contributed by atoms with Crippen LogP contribution >= 0.6 is 34.2 Å². The van der Waals surface area contributed by atoms with Gasteiger partial charge in [-0.05, 0) is 40.3 Å². The average Bonchev–Trinajstić information content (AvgIpc) is 2.33. The molecule has 0 aliphatic heterocycles. The van der Waals surface area contributed by atoms with Gasteiger partial charge in [-0.1, -0.05) is 18.2 Å². The maximum atomic E-state index is 5.68. The highest BCUT2D eigenvalue weighted by atomic mass is 127. The van der Waals surface area contributed by atoms with E-state index in [1.54, 1.807) is 6.20 Å². The molecular formula is C12H9ClINO. The molecule has 82 valence electrons. The highest BCUT2D eigenvalue weighted by Gasteiger charge is 2.02. The van der Waals surface area contributed by atoms with Crippen LogP contribution < -0.4 is 4.74 Å². The van der Waals surface area contributed by atoms with E-state index in [9.17, 15) is 0 Å². The molecule has 16 heavy (non-hydrogen) atoms. The van der Waals surface area contributed by atoms with Crippen molar-refractivity contribution in [3.63, 3.8) is 0 Å². The summed E-state index contributed by atoms with van der Waals surface area (Å²) in [5.74, 6) is 1.86. The summed E-state index contributed by atoms with van der Waals surface area (Å²) in [6, 6.07) is 11.5. The van der Waals surface area contributed by atoms with Crippen molar-refractivity contribution in [1.82, 2.24) is 4.98 Å². The lowest BCUT2D eigenvalue weighted by atomic mass is 10.3. The Morgan fingerprint density at radius 1 is 1.19 bits per heavy atom. The Labute approximate surface area is 113 Å². The van der Waals surface area contributed by atoms with Crippen LogP contribution in [0.5, 0.6) is 11.6 Å². The lowest BCUT2D eigenvalue weighted by molar-refractivity contribution is 0.459. The molecule has 1 aromatic heterocycles. The second-order valence-electron chi connectivity index (χ2n) is 3.17. The molecular weight excluding hydrogens is 336 g/mol. The monoisotopic (exact) mass is 345 g/mol. The molecule has 0 aliphatic carbocycles. The maximum Gasteiger partial charge on any atom is 0.219 e. The number of nitrogens with zero attached hydrogens (tertiary/aromatic N) is 1. The van der Waals surface area contributed by atoms with Crippen LogP contribution in [-0.2, 0) is 5.88 Å². The van der Waals surface area contributed by atoms with Gasteiger partial charge in [0.05, 0.1) is 3.57 Å². The predicted molar refractivity (Wildman–Crippen MR) is 73.0 cm³/mol. The number of alkyl halides is 1. The van der Waals surface area contributed by atoms with E-state index in [0.29, 0.717) is 11.8 Å². The number of rotatable bonds is 3. The first-order valence-corrected chi connectivity index (χ1v) is 6.34. The van der Waals surface area contributed by atoms with Crippen LogP contribution in [-0.4, -0.2) is 4.98 Å². The number of halogens is 2. The van der Waals surface area contributed by atoms with Gasteiger partial charge in [-0.2, -0.15) is 0 Å². The van der Waals surface area contributed by atoms with E-state index in [1.807, 2.05) is 36.4 Å². The minimum atomic E-state index is 0.468. The molecule has 1 aromatic carbocycles. The van der Waals surface area contributed by atoms with Crippen molar-refractivity contribution < 1.29 is 4.74 Å². The van der Waals surface area contributed by atoms with Crippen LogP contribution in [0.25, 0.3) is 0 Å². The molecule has 0 bridgehead atoms. The molecule has 0 spiro atoms. The van der Waals surface area contributed by atoms with Gasteiger partial charge in [0.2, 0.25) is 5.88 Å². The number of benzene rings is 1. The highest BCUT2D eigenvalue weighted by molar-refractivity contribution is 14.1. The molecule has 0 N–H and O–H groups in total. The third-order valence-corrected chi connectivity index (χ3v) is 3.20. The minimum Gasteiger partial charge on any atom is -0.438 e. The number of ether oxygens (including phenoxy) is 1. The molecule has 4 heteroatoms. The maximum absolute atomic E-state index is 5.68. The summed E-state index contributed by atoms with van der Waals surface area (Å²) in [4.78, 5) is 4.18.